The fraction of sp³-hybridized carbons (Fsp3) is 0.963. The highest BCUT2D eigenvalue weighted by Gasteiger charge is 2.43. The Morgan fingerprint density at radius 3 is 1.59 bits per heavy atom. The van der Waals surface area contributed by atoms with Gasteiger partial charge in [0.1, 0.15) is 25.2 Å². The molecule has 3 nitrogen and oxygen atoms in total. The van der Waals surface area contributed by atoms with Gasteiger partial charge in [-0.3, -0.25) is 0 Å². The van der Waals surface area contributed by atoms with Crippen LogP contribution >= 0.6 is 0 Å². The first-order valence-electron chi connectivity index (χ1n) is 13.2. The van der Waals surface area contributed by atoms with Crippen LogP contribution in [0, 0.1) is 29.6 Å². The average Bonchev–Trinajstić information content (AvgIpc) is 2.80. The van der Waals surface area contributed by atoms with Crippen LogP contribution in [0.3, 0.4) is 0 Å². The smallest absolute Gasteiger partial charge is 0.129 e. The molecule has 0 aliphatic heterocycles. The molecule has 3 aliphatic rings. The lowest BCUT2D eigenvalue weighted by Gasteiger charge is -2.42. The molecule has 0 aromatic rings. The van der Waals surface area contributed by atoms with Crippen molar-refractivity contribution in [2.75, 3.05) is 20.3 Å². The van der Waals surface area contributed by atoms with Crippen molar-refractivity contribution in [1.82, 2.24) is 0 Å². The van der Waals surface area contributed by atoms with Gasteiger partial charge in [-0.25, -0.2) is 8.78 Å². The van der Waals surface area contributed by atoms with Gasteiger partial charge >= 0.3 is 0 Å². The van der Waals surface area contributed by atoms with E-state index in [0.717, 1.165) is 17.8 Å². The number of methoxy groups -OCH3 is 1. The predicted octanol–water partition coefficient (Wildman–Crippen LogP) is 7.36. The Bertz CT molecular complexity index is 436. The molecule has 0 aromatic heterocycles. The standard InChI is InChI=1S/C23H40F2O2.C3H8.CH2O/c1-16-4-6-17(7-5-16)18-8-10-19(11-9-18)20-14-21(24)23(22(25)15-20)27-13-3-12-26-2;1-3-2;1-2/h16-23H,3-15H2,1-2H3;3H2,1-2H3;1H2. The molecule has 3 fully saturated rings. The molecule has 32 heavy (non-hydrogen) atoms. The normalized spacial score (nSPS) is 37.4. The minimum Gasteiger partial charge on any atom is -0.385 e. The molecule has 5 heteroatoms. The van der Waals surface area contributed by atoms with Gasteiger partial charge in [0.25, 0.3) is 0 Å². The molecule has 3 rings (SSSR count). The lowest BCUT2D eigenvalue weighted by molar-refractivity contribution is -0.0980. The van der Waals surface area contributed by atoms with E-state index in [1.807, 2.05) is 6.79 Å². The van der Waals surface area contributed by atoms with E-state index in [9.17, 15) is 8.78 Å². The number of halogens is 2. The minimum atomic E-state index is -1.15. The quantitative estimate of drug-likeness (QED) is 0.372. The van der Waals surface area contributed by atoms with E-state index >= 15 is 0 Å². The molecular weight excluding hydrogens is 410 g/mol. The highest BCUT2D eigenvalue weighted by molar-refractivity contribution is 5.11. The Hall–Kier alpha value is -0.550. The fourth-order valence-corrected chi connectivity index (χ4v) is 6.03. The number of hydrogen-bond acceptors (Lipinski definition) is 3. The second kappa shape index (κ2) is 17.0. The summed E-state index contributed by atoms with van der Waals surface area (Å²) in [6.45, 7) is 9.59. The Kier molecular flexibility index (Phi) is 15.6. The fourth-order valence-electron chi connectivity index (χ4n) is 6.03. The third-order valence-corrected chi connectivity index (χ3v) is 7.78. The summed E-state index contributed by atoms with van der Waals surface area (Å²) in [5, 5.41) is 0. The van der Waals surface area contributed by atoms with Crippen LogP contribution in [0.25, 0.3) is 0 Å². The molecule has 2 atom stereocenters. The molecule has 0 N–H and O–H groups in total. The topological polar surface area (TPSA) is 35.5 Å². The molecule has 0 aromatic carbocycles. The minimum absolute atomic E-state index is 0.209. The lowest BCUT2D eigenvalue weighted by Crippen LogP contribution is -2.44. The van der Waals surface area contributed by atoms with E-state index in [1.165, 1.54) is 57.8 Å². The zero-order chi connectivity index (χ0) is 23.9. The first-order valence-corrected chi connectivity index (χ1v) is 13.2. The lowest BCUT2D eigenvalue weighted by atomic mass is 9.65. The average molecular weight is 461 g/mol. The van der Waals surface area contributed by atoms with E-state index in [2.05, 4.69) is 20.8 Å². The van der Waals surface area contributed by atoms with Gasteiger partial charge in [-0.15, -0.1) is 0 Å². The van der Waals surface area contributed by atoms with E-state index in [4.69, 9.17) is 14.3 Å². The van der Waals surface area contributed by atoms with Gasteiger partial charge < -0.3 is 14.3 Å². The molecule has 0 spiro atoms. The molecule has 0 saturated heterocycles. The van der Waals surface area contributed by atoms with E-state index < -0.39 is 18.4 Å². The van der Waals surface area contributed by atoms with E-state index in [1.54, 1.807) is 7.11 Å². The second-order valence-corrected chi connectivity index (χ2v) is 10.3. The summed E-state index contributed by atoms with van der Waals surface area (Å²) in [4.78, 5) is 8.00. The molecule has 3 saturated carbocycles. The van der Waals surface area contributed by atoms with Gasteiger partial charge in [-0.1, -0.05) is 40.0 Å². The maximum Gasteiger partial charge on any atom is 0.129 e. The van der Waals surface area contributed by atoms with Gasteiger partial charge in [0.2, 0.25) is 0 Å². The molecule has 2 unspecified atom stereocenters. The molecular formula is C27H50F2O3. The second-order valence-electron chi connectivity index (χ2n) is 10.3. The van der Waals surface area contributed by atoms with Crippen LogP contribution in [0.5, 0.6) is 0 Å². The Morgan fingerprint density at radius 1 is 0.750 bits per heavy atom. The number of ether oxygens (including phenoxy) is 2. The number of carbonyl (C=O) groups excluding carboxylic acids is 1. The molecule has 0 bridgehead atoms. The van der Waals surface area contributed by atoms with Gasteiger partial charge in [0.15, 0.2) is 0 Å². The van der Waals surface area contributed by atoms with Crippen LogP contribution in [0.4, 0.5) is 8.78 Å². The Morgan fingerprint density at radius 2 is 1.16 bits per heavy atom. The summed E-state index contributed by atoms with van der Waals surface area (Å²) >= 11 is 0. The van der Waals surface area contributed by atoms with Gasteiger partial charge in [0.05, 0.1) is 0 Å². The van der Waals surface area contributed by atoms with Crippen molar-refractivity contribution in [1.29, 1.82) is 0 Å². The largest absolute Gasteiger partial charge is 0.385 e. The van der Waals surface area contributed by atoms with Crippen molar-refractivity contribution in [3.8, 4) is 0 Å². The highest BCUT2D eigenvalue weighted by atomic mass is 19.1. The third-order valence-electron chi connectivity index (χ3n) is 7.78. The monoisotopic (exact) mass is 460 g/mol. The van der Waals surface area contributed by atoms with Crippen molar-refractivity contribution in [2.24, 2.45) is 29.6 Å². The summed E-state index contributed by atoms with van der Waals surface area (Å²) in [5.41, 5.74) is 0. The first kappa shape index (κ1) is 29.5. The van der Waals surface area contributed by atoms with Gasteiger partial charge in [0, 0.05) is 20.3 Å². The van der Waals surface area contributed by atoms with Crippen LogP contribution in [0.2, 0.25) is 0 Å². The maximum atomic E-state index is 14.6. The summed E-state index contributed by atoms with van der Waals surface area (Å²) in [7, 11) is 1.63. The molecule has 0 amide bonds. The summed E-state index contributed by atoms with van der Waals surface area (Å²) in [5.74, 6) is 3.43. The molecule has 0 heterocycles. The van der Waals surface area contributed by atoms with Crippen LogP contribution in [-0.2, 0) is 14.3 Å². The van der Waals surface area contributed by atoms with Crippen molar-refractivity contribution in [2.45, 2.75) is 116 Å². The van der Waals surface area contributed by atoms with E-state index in [-0.39, 0.29) is 5.92 Å². The number of rotatable bonds is 7. The summed E-state index contributed by atoms with van der Waals surface area (Å²) in [6.07, 6.45) is 10.3. The Balaban J connectivity index is 0.000000944. The molecule has 0 radical (unpaired) electrons. The zero-order valence-electron chi connectivity index (χ0n) is 21.2. The maximum absolute atomic E-state index is 14.6. The van der Waals surface area contributed by atoms with Crippen LogP contribution < -0.4 is 0 Å². The molecule has 3 aliphatic carbocycles. The van der Waals surface area contributed by atoms with Crippen molar-refractivity contribution < 1.29 is 23.0 Å². The SMILES string of the molecule is C=O.CCC.COCCCOC1C(F)CC(C2CCC(C3CCC(C)CC3)CC2)CC1F. The molecule has 190 valence electrons. The Labute approximate surface area is 196 Å². The van der Waals surface area contributed by atoms with Crippen LogP contribution in [0.1, 0.15) is 97.8 Å². The van der Waals surface area contributed by atoms with Gasteiger partial charge in [-0.2, -0.15) is 0 Å². The number of hydrogen-bond donors (Lipinski definition) is 0. The number of alkyl halides is 2. The zero-order valence-corrected chi connectivity index (χ0v) is 21.2. The summed E-state index contributed by atoms with van der Waals surface area (Å²) < 4.78 is 39.7. The van der Waals surface area contributed by atoms with Crippen molar-refractivity contribution in [3.05, 3.63) is 0 Å². The third kappa shape index (κ3) is 9.75. The van der Waals surface area contributed by atoms with Crippen molar-refractivity contribution in [3.63, 3.8) is 0 Å². The predicted molar refractivity (Wildman–Crippen MR) is 128 cm³/mol. The highest BCUT2D eigenvalue weighted by Crippen LogP contribution is 2.46. The van der Waals surface area contributed by atoms with Gasteiger partial charge in [-0.05, 0) is 87.4 Å². The van der Waals surface area contributed by atoms with Crippen LogP contribution in [-0.4, -0.2) is 45.6 Å². The number of carbonyl (C=O) groups is 1. The first-order chi connectivity index (χ1) is 15.5. The van der Waals surface area contributed by atoms with Crippen LogP contribution in [0.15, 0.2) is 0 Å². The van der Waals surface area contributed by atoms with Crippen molar-refractivity contribution >= 4 is 6.79 Å². The van der Waals surface area contributed by atoms with E-state index in [0.29, 0.717) is 38.4 Å². The summed E-state index contributed by atoms with van der Waals surface area (Å²) in [6, 6.07) is 0.